The quantitative estimate of drug-likeness (QED) is 0.614. The lowest BCUT2D eigenvalue weighted by Crippen LogP contribution is -2.43. The molecule has 16 heavy (non-hydrogen) atoms. The lowest BCUT2D eigenvalue weighted by Gasteiger charge is -2.23. The van der Waals surface area contributed by atoms with Crippen LogP contribution in [0.3, 0.4) is 0 Å². The molecule has 1 aliphatic rings. The van der Waals surface area contributed by atoms with Gasteiger partial charge in [-0.3, -0.25) is 9.59 Å². The molecule has 1 aliphatic heterocycles. The molecule has 1 amide bonds. The summed E-state index contributed by atoms with van der Waals surface area (Å²) in [5.74, 6) is -0.233. The summed E-state index contributed by atoms with van der Waals surface area (Å²) in [5.41, 5.74) is -0.0588. The molecule has 1 aromatic rings. The van der Waals surface area contributed by atoms with Crippen molar-refractivity contribution in [3.05, 3.63) is 28.2 Å². The van der Waals surface area contributed by atoms with E-state index in [1.54, 1.807) is 0 Å². The van der Waals surface area contributed by atoms with E-state index >= 15 is 0 Å². The van der Waals surface area contributed by atoms with E-state index in [0.717, 1.165) is 25.9 Å². The highest BCUT2D eigenvalue weighted by atomic mass is 16.2. The molecule has 0 unspecified atom stereocenters. The van der Waals surface area contributed by atoms with Crippen molar-refractivity contribution in [2.75, 3.05) is 13.1 Å². The number of piperidine rings is 1. The van der Waals surface area contributed by atoms with Crippen molar-refractivity contribution < 1.29 is 4.79 Å². The van der Waals surface area contributed by atoms with Gasteiger partial charge in [-0.25, -0.2) is 5.10 Å². The normalized spacial score (nSPS) is 17.0. The minimum Gasteiger partial charge on any atom is -0.348 e. The Morgan fingerprint density at radius 3 is 2.75 bits per heavy atom. The van der Waals surface area contributed by atoms with Gasteiger partial charge in [-0.15, -0.1) is 0 Å². The molecule has 2 rings (SSSR count). The van der Waals surface area contributed by atoms with Crippen molar-refractivity contribution in [3.8, 4) is 0 Å². The predicted molar refractivity (Wildman–Crippen MR) is 58.2 cm³/mol. The van der Waals surface area contributed by atoms with Gasteiger partial charge in [0.25, 0.3) is 11.5 Å². The molecule has 3 N–H and O–H groups in total. The van der Waals surface area contributed by atoms with Crippen LogP contribution >= 0.6 is 0 Å². The van der Waals surface area contributed by atoms with Crippen LogP contribution in [0.2, 0.25) is 0 Å². The first-order valence-corrected chi connectivity index (χ1v) is 5.33. The van der Waals surface area contributed by atoms with Crippen molar-refractivity contribution in [1.82, 2.24) is 20.8 Å². The zero-order valence-corrected chi connectivity index (χ0v) is 8.82. The number of nitrogens with zero attached hydrogens (tertiary/aromatic N) is 1. The molecule has 0 atom stereocenters. The van der Waals surface area contributed by atoms with Crippen molar-refractivity contribution in [3.63, 3.8) is 0 Å². The van der Waals surface area contributed by atoms with Crippen molar-refractivity contribution in [2.24, 2.45) is 0 Å². The van der Waals surface area contributed by atoms with Gasteiger partial charge in [0.1, 0.15) is 5.69 Å². The van der Waals surface area contributed by atoms with E-state index in [2.05, 4.69) is 20.8 Å². The van der Waals surface area contributed by atoms with Gasteiger partial charge >= 0.3 is 0 Å². The van der Waals surface area contributed by atoms with Gasteiger partial charge in [-0.1, -0.05) is 0 Å². The van der Waals surface area contributed by atoms with Crippen molar-refractivity contribution in [2.45, 2.75) is 18.9 Å². The van der Waals surface area contributed by atoms with Crippen LogP contribution in [-0.4, -0.2) is 35.2 Å². The lowest BCUT2D eigenvalue weighted by atomic mass is 10.1. The second-order valence-corrected chi connectivity index (χ2v) is 3.80. The van der Waals surface area contributed by atoms with E-state index in [0.29, 0.717) is 0 Å². The zero-order valence-electron chi connectivity index (χ0n) is 8.82. The number of rotatable bonds is 2. The zero-order chi connectivity index (χ0) is 11.4. The monoisotopic (exact) mass is 222 g/mol. The van der Waals surface area contributed by atoms with E-state index in [-0.39, 0.29) is 23.2 Å². The summed E-state index contributed by atoms with van der Waals surface area (Å²) in [7, 11) is 0. The lowest BCUT2D eigenvalue weighted by molar-refractivity contribution is 0.0923. The Kier molecular flexibility index (Phi) is 3.31. The Labute approximate surface area is 92.4 Å². The third-order valence-corrected chi connectivity index (χ3v) is 2.59. The molecule has 2 heterocycles. The highest BCUT2D eigenvalue weighted by Gasteiger charge is 2.16. The summed E-state index contributed by atoms with van der Waals surface area (Å²) in [6.45, 7) is 1.84. The molecular formula is C10H14N4O2. The summed E-state index contributed by atoms with van der Waals surface area (Å²) in [5, 5.41) is 12.0. The van der Waals surface area contributed by atoms with Crippen LogP contribution in [0.15, 0.2) is 16.9 Å². The number of H-pyrrole nitrogens is 1. The first-order chi connectivity index (χ1) is 7.75. The Hall–Kier alpha value is -1.69. The Bertz CT molecular complexity index is 403. The average molecular weight is 222 g/mol. The molecule has 0 radical (unpaired) electrons. The minimum absolute atomic E-state index is 0.197. The minimum atomic E-state index is -0.307. The van der Waals surface area contributed by atoms with Gasteiger partial charge in [0, 0.05) is 12.1 Å². The van der Waals surface area contributed by atoms with Gasteiger partial charge in [0.05, 0.1) is 0 Å². The standard InChI is InChI=1S/C10H14N4O2/c15-9-2-1-8(13-14-9)10(16)12-7-3-5-11-6-4-7/h1-2,7,11H,3-6H2,(H,12,16)(H,14,15). The molecule has 0 aromatic carbocycles. The highest BCUT2D eigenvalue weighted by molar-refractivity contribution is 5.92. The largest absolute Gasteiger partial charge is 0.348 e. The number of nitrogens with one attached hydrogen (secondary N) is 3. The number of aromatic amines is 1. The number of carbonyl (C=O) groups excluding carboxylic acids is 1. The third-order valence-electron chi connectivity index (χ3n) is 2.59. The molecule has 6 nitrogen and oxygen atoms in total. The smallest absolute Gasteiger partial charge is 0.271 e. The molecule has 0 bridgehead atoms. The molecule has 0 aliphatic carbocycles. The van der Waals surface area contributed by atoms with E-state index in [1.807, 2.05) is 0 Å². The van der Waals surface area contributed by atoms with Crippen LogP contribution < -0.4 is 16.2 Å². The summed E-state index contributed by atoms with van der Waals surface area (Å²) < 4.78 is 0. The van der Waals surface area contributed by atoms with E-state index in [1.165, 1.54) is 12.1 Å². The number of amides is 1. The van der Waals surface area contributed by atoms with Gasteiger partial charge in [-0.2, -0.15) is 5.10 Å². The van der Waals surface area contributed by atoms with Gasteiger partial charge in [-0.05, 0) is 32.0 Å². The average Bonchev–Trinajstić information content (AvgIpc) is 2.31. The summed E-state index contributed by atoms with van der Waals surface area (Å²) in [6, 6.07) is 2.92. The van der Waals surface area contributed by atoms with E-state index in [9.17, 15) is 9.59 Å². The molecular weight excluding hydrogens is 208 g/mol. The summed E-state index contributed by atoms with van der Waals surface area (Å²) in [4.78, 5) is 22.5. The number of aromatic nitrogens is 2. The number of hydrogen-bond donors (Lipinski definition) is 3. The second-order valence-electron chi connectivity index (χ2n) is 3.80. The summed E-state index contributed by atoms with van der Waals surface area (Å²) >= 11 is 0. The molecule has 1 fully saturated rings. The molecule has 0 saturated carbocycles. The maximum absolute atomic E-state index is 11.7. The van der Waals surface area contributed by atoms with E-state index in [4.69, 9.17) is 0 Å². The topological polar surface area (TPSA) is 86.9 Å². The Morgan fingerprint density at radius 2 is 2.12 bits per heavy atom. The van der Waals surface area contributed by atoms with E-state index < -0.39 is 0 Å². The highest BCUT2D eigenvalue weighted by Crippen LogP contribution is 2.02. The first-order valence-electron chi connectivity index (χ1n) is 5.33. The van der Waals surface area contributed by atoms with Crippen molar-refractivity contribution in [1.29, 1.82) is 0 Å². The van der Waals surface area contributed by atoms with Crippen LogP contribution in [0.25, 0.3) is 0 Å². The molecule has 1 saturated heterocycles. The molecule has 6 heteroatoms. The number of hydrogen-bond acceptors (Lipinski definition) is 4. The maximum Gasteiger partial charge on any atom is 0.271 e. The predicted octanol–water partition coefficient (Wildman–Crippen LogP) is -0.748. The summed E-state index contributed by atoms with van der Waals surface area (Å²) in [6.07, 6.45) is 1.85. The van der Waals surface area contributed by atoms with Crippen LogP contribution in [0, 0.1) is 0 Å². The SMILES string of the molecule is O=C(NC1CCNCC1)c1ccc(=O)[nH]n1. The van der Waals surface area contributed by atoms with Crippen LogP contribution in [0.5, 0.6) is 0 Å². The first kappa shape index (κ1) is 10.8. The van der Waals surface area contributed by atoms with Crippen LogP contribution in [0.4, 0.5) is 0 Å². The Morgan fingerprint density at radius 1 is 1.38 bits per heavy atom. The third kappa shape index (κ3) is 2.66. The molecule has 86 valence electrons. The van der Waals surface area contributed by atoms with Crippen LogP contribution in [0.1, 0.15) is 23.3 Å². The van der Waals surface area contributed by atoms with Crippen LogP contribution in [-0.2, 0) is 0 Å². The fourth-order valence-electron chi connectivity index (χ4n) is 1.70. The Balaban J connectivity index is 1.96. The fraction of sp³-hybridized carbons (Fsp3) is 0.500. The van der Waals surface area contributed by atoms with Gasteiger partial charge < -0.3 is 10.6 Å². The maximum atomic E-state index is 11.7. The molecule has 1 aromatic heterocycles. The second kappa shape index (κ2) is 4.89. The van der Waals surface area contributed by atoms with Crippen molar-refractivity contribution >= 4 is 5.91 Å². The fourth-order valence-corrected chi connectivity index (χ4v) is 1.70. The van der Waals surface area contributed by atoms with Gasteiger partial charge in [0.2, 0.25) is 0 Å². The van der Waals surface area contributed by atoms with Gasteiger partial charge in [0.15, 0.2) is 0 Å². The number of carbonyl (C=O) groups is 1. The molecule has 0 spiro atoms.